The number of imide groups is 1. The number of anilines is 1. The van der Waals surface area contributed by atoms with E-state index in [-0.39, 0.29) is 24.0 Å². The van der Waals surface area contributed by atoms with Crippen molar-refractivity contribution in [2.45, 2.75) is 38.6 Å². The fraction of sp³-hybridized carbons (Fsp3) is 0.273. The van der Waals surface area contributed by atoms with Gasteiger partial charge in [-0.3, -0.25) is 14.5 Å². The van der Waals surface area contributed by atoms with Gasteiger partial charge < -0.3 is 9.67 Å². The number of hydrogen-bond donors (Lipinski definition) is 1. The van der Waals surface area contributed by atoms with Gasteiger partial charge >= 0.3 is 0 Å². The number of unbranched alkanes of at least 4 members (excludes halogenated alkanes) is 1. The number of benzene rings is 2. The predicted octanol–water partition coefficient (Wildman–Crippen LogP) is 4.19. The zero-order valence-electron chi connectivity index (χ0n) is 15.3. The maximum Gasteiger partial charge on any atom is 0.241 e. The van der Waals surface area contributed by atoms with Crippen LogP contribution in [0.4, 0.5) is 5.69 Å². The Labute approximate surface area is 157 Å². The number of rotatable bonds is 5. The van der Waals surface area contributed by atoms with Crippen LogP contribution in [0, 0.1) is 0 Å². The van der Waals surface area contributed by atoms with E-state index in [1.54, 1.807) is 12.1 Å². The number of carbonyl (C=O) groups excluding carboxylic acids is 2. The molecule has 2 aromatic carbocycles. The third-order valence-electron chi connectivity index (χ3n) is 5.20. The number of carbonyl (C=O) groups is 2. The molecule has 27 heavy (non-hydrogen) atoms. The van der Waals surface area contributed by atoms with E-state index in [9.17, 15) is 14.7 Å². The summed E-state index contributed by atoms with van der Waals surface area (Å²) in [6.45, 7) is 3.05. The Balaban J connectivity index is 1.73. The van der Waals surface area contributed by atoms with E-state index in [0.717, 1.165) is 35.9 Å². The lowest BCUT2D eigenvalue weighted by atomic mass is 9.97. The van der Waals surface area contributed by atoms with Gasteiger partial charge in [0.2, 0.25) is 11.8 Å². The molecule has 1 N–H and O–H groups in total. The molecule has 1 fully saturated rings. The lowest BCUT2D eigenvalue weighted by Gasteiger charge is -2.15. The number of aryl methyl sites for hydroxylation is 1. The van der Waals surface area contributed by atoms with Gasteiger partial charge in [-0.15, -0.1) is 0 Å². The van der Waals surface area contributed by atoms with Crippen molar-refractivity contribution in [1.82, 2.24) is 4.57 Å². The highest BCUT2D eigenvalue weighted by molar-refractivity contribution is 6.23. The Morgan fingerprint density at radius 3 is 2.56 bits per heavy atom. The first-order valence-corrected chi connectivity index (χ1v) is 9.33. The number of fused-ring (bicyclic) bond motifs is 1. The van der Waals surface area contributed by atoms with E-state index in [1.165, 1.54) is 17.0 Å². The number of aromatic nitrogens is 1. The SMILES string of the molecule is CCCCn1cc([C@@H]2CC(=O)N(c3ccc(O)cc3)C2=O)c2ccccc21. The number of hydrogen-bond acceptors (Lipinski definition) is 3. The molecule has 1 atom stereocenters. The standard InChI is InChI=1S/C22H22N2O3/c1-2-3-12-23-14-19(17-6-4-5-7-20(17)23)18-13-21(26)24(22(18)27)15-8-10-16(25)11-9-15/h4-11,14,18,25H,2-3,12-13H2,1H3/t18-/m0/s1. The summed E-state index contributed by atoms with van der Waals surface area (Å²) in [6, 6.07) is 14.2. The van der Waals surface area contributed by atoms with Crippen molar-refractivity contribution in [2.24, 2.45) is 0 Å². The van der Waals surface area contributed by atoms with E-state index < -0.39 is 5.92 Å². The average molecular weight is 362 g/mol. The highest BCUT2D eigenvalue weighted by Gasteiger charge is 2.41. The van der Waals surface area contributed by atoms with Crippen LogP contribution in [-0.4, -0.2) is 21.5 Å². The molecule has 1 aliphatic rings. The highest BCUT2D eigenvalue weighted by Crippen LogP contribution is 2.37. The zero-order valence-corrected chi connectivity index (χ0v) is 15.3. The molecule has 0 unspecified atom stereocenters. The van der Waals surface area contributed by atoms with Crippen LogP contribution in [0.1, 0.15) is 37.7 Å². The molecule has 138 valence electrons. The van der Waals surface area contributed by atoms with Crippen molar-refractivity contribution in [3.63, 3.8) is 0 Å². The Hall–Kier alpha value is -3.08. The van der Waals surface area contributed by atoms with Crippen molar-refractivity contribution >= 4 is 28.4 Å². The third-order valence-corrected chi connectivity index (χ3v) is 5.20. The summed E-state index contributed by atoms with van der Waals surface area (Å²) < 4.78 is 2.19. The predicted molar refractivity (Wildman–Crippen MR) is 105 cm³/mol. The molecule has 1 aromatic heterocycles. The van der Waals surface area contributed by atoms with Gasteiger partial charge in [-0.05, 0) is 42.3 Å². The lowest BCUT2D eigenvalue weighted by molar-refractivity contribution is -0.121. The maximum absolute atomic E-state index is 13.1. The summed E-state index contributed by atoms with van der Waals surface area (Å²) in [7, 11) is 0. The first-order valence-electron chi connectivity index (χ1n) is 9.33. The Kier molecular flexibility index (Phi) is 4.44. The maximum atomic E-state index is 13.1. The molecule has 5 nitrogen and oxygen atoms in total. The van der Waals surface area contributed by atoms with Crippen LogP contribution >= 0.6 is 0 Å². The topological polar surface area (TPSA) is 62.5 Å². The number of para-hydroxylation sites is 1. The second kappa shape index (κ2) is 6.91. The number of amides is 2. The molecular weight excluding hydrogens is 340 g/mol. The minimum absolute atomic E-state index is 0.105. The van der Waals surface area contributed by atoms with Crippen molar-refractivity contribution in [3.05, 3.63) is 60.3 Å². The van der Waals surface area contributed by atoms with E-state index in [1.807, 2.05) is 24.4 Å². The Bertz CT molecular complexity index is 1000. The smallest absolute Gasteiger partial charge is 0.241 e. The molecule has 1 aliphatic heterocycles. The summed E-state index contributed by atoms with van der Waals surface area (Å²) >= 11 is 0. The summed E-state index contributed by atoms with van der Waals surface area (Å²) in [5.74, 6) is -0.780. The highest BCUT2D eigenvalue weighted by atomic mass is 16.3. The number of nitrogens with zero attached hydrogens (tertiary/aromatic N) is 2. The third kappa shape index (κ3) is 2.99. The molecule has 0 bridgehead atoms. The molecule has 5 heteroatoms. The van der Waals surface area contributed by atoms with Crippen molar-refractivity contribution in [3.8, 4) is 5.75 Å². The fourth-order valence-corrected chi connectivity index (χ4v) is 3.81. The molecule has 1 saturated heterocycles. The first kappa shape index (κ1) is 17.3. The first-order chi connectivity index (χ1) is 13.1. The van der Waals surface area contributed by atoms with Gasteiger partial charge in [-0.2, -0.15) is 0 Å². The largest absolute Gasteiger partial charge is 0.508 e. The Morgan fingerprint density at radius 1 is 1.07 bits per heavy atom. The van der Waals surface area contributed by atoms with E-state index in [2.05, 4.69) is 17.6 Å². The summed E-state index contributed by atoms with van der Waals surface area (Å²) in [6.07, 6.45) is 4.37. The van der Waals surface area contributed by atoms with Crippen LogP contribution in [0.3, 0.4) is 0 Å². The van der Waals surface area contributed by atoms with Crippen molar-refractivity contribution < 1.29 is 14.7 Å². The van der Waals surface area contributed by atoms with Crippen LogP contribution < -0.4 is 4.90 Å². The normalized spacial score (nSPS) is 17.2. The van der Waals surface area contributed by atoms with Gasteiger partial charge in [-0.1, -0.05) is 31.5 Å². The van der Waals surface area contributed by atoms with Gasteiger partial charge in [-0.25, -0.2) is 0 Å². The van der Waals surface area contributed by atoms with Crippen LogP contribution in [0.15, 0.2) is 54.7 Å². The number of phenols is 1. The van der Waals surface area contributed by atoms with Gasteiger partial charge in [0.05, 0.1) is 11.6 Å². The number of aromatic hydroxyl groups is 1. The average Bonchev–Trinajstić information content (AvgIpc) is 3.18. The minimum Gasteiger partial charge on any atom is -0.508 e. The zero-order chi connectivity index (χ0) is 19.0. The van der Waals surface area contributed by atoms with Gasteiger partial charge in [0.1, 0.15) is 5.75 Å². The summed E-state index contributed by atoms with van der Waals surface area (Å²) in [4.78, 5) is 26.9. The van der Waals surface area contributed by atoms with Gasteiger partial charge in [0, 0.05) is 30.1 Å². The van der Waals surface area contributed by atoms with E-state index >= 15 is 0 Å². The molecule has 2 heterocycles. The lowest BCUT2D eigenvalue weighted by Crippen LogP contribution is -2.29. The van der Waals surface area contributed by atoms with Crippen molar-refractivity contribution in [2.75, 3.05) is 4.90 Å². The Morgan fingerprint density at radius 2 is 1.81 bits per heavy atom. The monoisotopic (exact) mass is 362 g/mol. The number of phenolic OH excluding ortho intramolecular Hbond substituents is 1. The quantitative estimate of drug-likeness (QED) is 0.692. The molecule has 0 radical (unpaired) electrons. The molecule has 2 amide bonds. The summed E-state index contributed by atoms with van der Waals surface area (Å²) in [5, 5.41) is 10.5. The van der Waals surface area contributed by atoms with Gasteiger partial charge in [0.25, 0.3) is 0 Å². The minimum atomic E-state index is -0.473. The summed E-state index contributed by atoms with van der Waals surface area (Å²) in [5.41, 5.74) is 2.52. The molecular formula is C22H22N2O3. The van der Waals surface area contributed by atoms with Crippen molar-refractivity contribution in [1.29, 1.82) is 0 Å². The van der Waals surface area contributed by atoms with E-state index in [4.69, 9.17) is 0 Å². The van der Waals surface area contributed by atoms with Gasteiger partial charge in [0.15, 0.2) is 0 Å². The fourth-order valence-electron chi connectivity index (χ4n) is 3.81. The molecule has 4 rings (SSSR count). The molecule has 0 spiro atoms. The molecule has 3 aromatic rings. The van der Waals surface area contributed by atoms with E-state index in [0.29, 0.717) is 5.69 Å². The van der Waals surface area contributed by atoms with Crippen LogP contribution in [-0.2, 0) is 16.1 Å². The van der Waals surface area contributed by atoms with Crippen LogP contribution in [0.25, 0.3) is 10.9 Å². The molecule has 0 saturated carbocycles. The van der Waals surface area contributed by atoms with Crippen LogP contribution in [0.5, 0.6) is 5.75 Å². The second-order valence-electron chi connectivity index (χ2n) is 6.99. The second-order valence-corrected chi connectivity index (χ2v) is 6.99. The molecule has 0 aliphatic carbocycles. The van der Waals surface area contributed by atoms with Crippen LogP contribution in [0.2, 0.25) is 0 Å².